The summed E-state index contributed by atoms with van der Waals surface area (Å²) in [6, 6.07) is 10.0. The van der Waals surface area contributed by atoms with Crippen LogP contribution in [0.2, 0.25) is 0 Å². The highest BCUT2D eigenvalue weighted by molar-refractivity contribution is 7.99. The Morgan fingerprint density at radius 3 is 2.67 bits per heavy atom. The standard InChI is InChI=1S/C11H15NO2S/c1-12(10-6-4-3-5-7-10)11(15-2)8-14-9-13/h3-7,9,11H,8H2,1-2H3. The highest BCUT2D eigenvalue weighted by atomic mass is 32.2. The van der Waals surface area contributed by atoms with Crippen LogP contribution in [0.4, 0.5) is 5.69 Å². The van der Waals surface area contributed by atoms with E-state index in [-0.39, 0.29) is 5.37 Å². The van der Waals surface area contributed by atoms with E-state index in [1.165, 1.54) is 0 Å². The summed E-state index contributed by atoms with van der Waals surface area (Å²) in [7, 11) is 1.99. The molecule has 0 aromatic heterocycles. The molecule has 0 heterocycles. The van der Waals surface area contributed by atoms with Gasteiger partial charge in [-0.2, -0.15) is 0 Å². The minimum Gasteiger partial charge on any atom is -0.465 e. The van der Waals surface area contributed by atoms with Crippen LogP contribution in [0.5, 0.6) is 0 Å². The van der Waals surface area contributed by atoms with Crippen molar-refractivity contribution in [3.63, 3.8) is 0 Å². The number of benzene rings is 1. The first-order valence-electron chi connectivity index (χ1n) is 4.65. The molecule has 15 heavy (non-hydrogen) atoms. The van der Waals surface area contributed by atoms with Crippen molar-refractivity contribution in [2.45, 2.75) is 5.37 Å². The minimum absolute atomic E-state index is 0.151. The maximum atomic E-state index is 10.1. The van der Waals surface area contributed by atoms with Gasteiger partial charge in [-0.05, 0) is 18.4 Å². The van der Waals surface area contributed by atoms with Gasteiger partial charge in [0.1, 0.15) is 12.0 Å². The van der Waals surface area contributed by atoms with E-state index in [1.54, 1.807) is 11.8 Å². The fourth-order valence-electron chi connectivity index (χ4n) is 1.29. The van der Waals surface area contributed by atoms with E-state index in [2.05, 4.69) is 4.90 Å². The lowest BCUT2D eigenvalue weighted by Crippen LogP contribution is -2.32. The number of anilines is 1. The van der Waals surface area contributed by atoms with Crippen LogP contribution in [-0.4, -0.2) is 31.8 Å². The first-order valence-corrected chi connectivity index (χ1v) is 5.94. The summed E-state index contributed by atoms with van der Waals surface area (Å²) in [5.74, 6) is 0. The molecule has 1 atom stereocenters. The molecule has 0 radical (unpaired) electrons. The van der Waals surface area contributed by atoms with Gasteiger partial charge >= 0.3 is 0 Å². The van der Waals surface area contributed by atoms with Gasteiger partial charge in [-0.15, -0.1) is 11.8 Å². The molecule has 1 aromatic rings. The van der Waals surface area contributed by atoms with Crippen molar-refractivity contribution < 1.29 is 9.53 Å². The Labute approximate surface area is 94.4 Å². The van der Waals surface area contributed by atoms with Crippen LogP contribution in [0, 0.1) is 0 Å². The average Bonchev–Trinajstić information content (AvgIpc) is 2.31. The maximum Gasteiger partial charge on any atom is 0.293 e. The molecule has 3 nitrogen and oxygen atoms in total. The van der Waals surface area contributed by atoms with E-state index in [1.807, 2.05) is 43.6 Å². The van der Waals surface area contributed by atoms with Gasteiger partial charge in [-0.1, -0.05) is 18.2 Å². The predicted molar refractivity (Wildman–Crippen MR) is 64.2 cm³/mol. The first kappa shape index (κ1) is 11.9. The van der Waals surface area contributed by atoms with Crippen molar-refractivity contribution in [3.05, 3.63) is 30.3 Å². The molecule has 0 aliphatic heterocycles. The molecule has 1 rings (SSSR count). The zero-order valence-electron chi connectivity index (χ0n) is 8.92. The zero-order chi connectivity index (χ0) is 11.1. The minimum atomic E-state index is 0.151. The quantitative estimate of drug-likeness (QED) is 0.547. The SMILES string of the molecule is CSC(COC=O)N(C)c1ccccc1. The van der Waals surface area contributed by atoms with Crippen molar-refractivity contribution in [2.24, 2.45) is 0 Å². The highest BCUT2D eigenvalue weighted by Gasteiger charge is 2.13. The number of hydrogen-bond acceptors (Lipinski definition) is 4. The number of nitrogens with zero attached hydrogens (tertiary/aromatic N) is 1. The third-order valence-corrected chi connectivity index (χ3v) is 3.17. The molecule has 0 aliphatic carbocycles. The number of rotatable bonds is 6. The topological polar surface area (TPSA) is 29.5 Å². The number of ether oxygens (including phenoxy) is 1. The Bertz CT molecular complexity index is 292. The Morgan fingerprint density at radius 2 is 2.13 bits per heavy atom. The lowest BCUT2D eigenvalue weighted by molar-refractivity contribution is -0.128. The van der Waals surface area contributed by atoms with Crippen LogP contribution in [0.25, 0.3) is 0 Å². The van der Waals surface area contributed by atoms with Gasteiger partial charge in [0.15, 0.2) is 0 Å². The molecule has 1 unspecified atom stereocenters. The second-order valence-electron chi connectivity index (χ2n) is 3.07. The fraction of sp³-hybridized carbons (Fsp3) is 0.364. The Hall–Kier alpha value is -1.16. The predicted octanol–water partition coefficient (Wildman–Crippen LogP) is 1.98. The monoisotopic (exact) mass is 225 g/mol. The van der Waals surface area contributed by atoms with Crippen LogP contribution in [0.1, 0.15) is 0 Å². The first-order chi connectivity index (χ1) is 7.29. The van der Waals surface area contributed by atoms with E-state index in [0.29, 0.717) is 13.1 Å². The van der Waals surface area contributed by atoms with E-state index < -0.39 is 0 Å². The summed E-state index contributed by atoms with van der Waals surface area (Å²) in [6.45, 7) is 0.887. The summed E-state index contributed by atoms with van der Waals surface area (Å²) in [6.07, 6.45) is 2.00. The molecule has 0 aliphatic rings. The van der Waals surface area contributed by atoms with Gasteiger partial charge in [0.2, 0.25) is 0 Å². The van der Waals surface area contributed by atoms with Gasteiger partial charge in [0.05, 0.1) is 0 Å². The van der Waals surface area contributed by atoms with Crippen molar-refractivity contribution >= 4 is 23.9 Å². The molecule has 0 spiro atoms. The van der Waals surface area contributed by atoms with Crippen molar-refractivity contribution in [1.29, 1.82) is 0 Å². The van der Waals surface area contributed by atoms with E-state index >= 15 is 0 Å². The third kappa shape index (κ3) is 3.47. The Morgan fingerprint density at radius 1 is 1.47 bits per heavy atom. The number of hydrogen-bond donors (Lipinski definition) is 0. The number of carbonyl (C=O) groups is 1. The molecule has 0 amide bonds. The van der Waals surface area contributed by atoms with Gasteiger partial charge in [0, 0.05) is 12.7 Å². The van der Waals surface area contributed by atoms with E-state index in [9.17, 15) is 4.79 Å². The molecular formula is C11H15NO2S. The lowest BCUT2D eigenvalue weighted by Gasteiger charge is -2.27. The second-order valence-corrected chi connectivity index (χ2v) is 4.08. The summed E-state index contributed by atoms with van der Waals surface area (Å²) in [4.78, 5) is 12.2. The van der Waals surface area contributed by atoms with Gasteiger partial charge in [-0.25, -0.2) is 0 Å². The van der Waals surface area contributed by atoms with Crippen LogP contribution < -0.4 is 4.90 Å². The Balaban J connectivity index is 2.64. The third-order valence-electron chi connectivity index (χ3n) is 2.17. The molecule has 4 heteroatoms. The number of para-hydroxylation sites is 1. The van der Waals surface area contributed by atoms with Crippen molar-refractivity contribution in [1.82, 2.24) is 0 Å². The fourth-order valence-corrected chi connectivity index (χ4v) is 1.94. The Kier molecular flexibility index (Phi) is 5.04. The van der Waals surface area contributed by atoms with Gasteiger partial charge < -0.3 is 9.64 Å². The maximum absolute atomic E-state index is 10.1. The molecular weight excluding hydrogens is 210 g/mol. The summed E-state index contributed by atoms with van der Waals surface area (Å²) in [5, 5.41) is 0.151. The molecule has 0 bridgehead atoms. The van der Waals surface area contributed by atoms with Crippen LogP contribution in [-0.2, 0) is 9.53 Å². The van der Waals surface area contributed by atoms with Crippen molar-refractivity contribution in [3.8, 4) is 0 Å². The number of likely N-dealkylation sites (N-methyl/N-ethyl adjacent to an activating group) is 1. The molecule has 1 aromatic carbocycles. The lowest BCUT2D eigenvalue weighted by atomic mass is 10.3. The average molecular weight is 225 g/mol. The van der Waals surface area contributed by atoms with Gasteiger partial charge in [0.25, 0.3) is 6.47 Å². The van der Waals surface area contributed by atoms with Crippen LogP contribution >= 0.6 is 11.8 Å². The van der Waals surface area contributed by atoms with E-state index in [4.69, 9.17) is 4.74 Å². The van der Waals surface area contributed by atoms with Gasteiger partial charge in [-0.3, -0.25) is 4.79 Å². The molecule has 0 saturated carbocycles. The summed E-state index contributed by atoms with van der Waals surface area (Å²) >= 11 is 1.65. The molecule has 82 valence electrons. The second kappa shape index (κ2) is 6.35. The smallest absolute Gasteiger partial charge is 0.293 e. The van der Waals surface area contributed by atoms with Crippen LogP contribution in [0.3, 0.4) is 0 Å². The van der Waals surface area contributed by atoms with Crippen molar-refractivity contribution in [2.75, 3.05) is 24.8 Å². The van der Waals surface area contributed by atoms with Crippen LogP contribution in [0.15, 0.2) is 30.3 Å². The van der Waals surface area contributed by atoms with E-state index in [0.717, 1.165) is 5.69 Å². The molecule has 0 fully saturated rings. The molecule has 0 saturated heterocycles. The molecule has 0 N–H and O–H groups in total. The number of carbonyl (C=O) groups excluding carboxylic acids is 1. The summed E-state index contributed by atoms with van der Waals surface area (Å²) < 4.78 is 4.79. The summed E-state index contributed by atoms with van der Waals surface area (Å²) in [5.41, 5.74) is 1.12. The normalized spacial score (nSPS) is 11.9. The number of thioether (sulfide) groups is 1. The highest BCUT2D eigenvalue weighted by Crippen LogP contribution is 2.19. The largest absolute Gasteiger partial charge is 0.465 e. The zero-order valence-corrected chi connectivity index (χ0v) is 9.74.